The Bertz CT molecular complexity index is 906. The maximum atomic E-state index is 12.8. The van der Waals surface area contributed by atoms with Gasteiger partial charge >= 0.3 is 11.9 Å². The van der Waals surface area contributed by atoms with Crippen LogP contribution in [0.25, 0.3) is 0 Å². The molecule has 0 fully saturated rings. The van der Waals surface area contributed by atoms with E-state index < -0.39 is 79.2 Å². The van der Waals surface area contributed by atoms with Gasteiger partial charge in [0.1, 0.15) is 18.1 Å². The second-order valence-electron chi connectivity index (χ2n) is 7.53. The van der Waals surface area contributed by atoms with Gasteiger partial charge in [0, 0.05) is 31.2 Å². The number of nitrogens with one attached hydrogen (secondary N) is 4. The molecule has 4 amide bonds. The van der Waals surface area contributed by atoms with Crippen molar-refractivity contribution in [2.45, 2.75) is 56.3 Å². The molecule has 1 aromatic heterocycles. The molecule has 0 aliphatic carbocycles. The second kappa shape index (κ2) is 14.3. The van der Waals surface area contributed by atoms with Gasteiger partial charge in [-0.1, -0.05) is 0 Å². The van der Waals surface area contributed by atoms with Gasteiger partial charge in [-0.15, -0.1) is 0 Å². The lowest BCUT2D eigenvalue weighted by atomic mass is 10.1. The molecule has 0 radical (unpaired) electrons. The van der Waals surface area contributed by atoms with E-state index in [4.69, 9.17) is 16.6 Å². The van der Waals surface area contributed by atoms with Crippen molar-refractivity contribution in [3.8, 4) is 0 Å². The number of primary amides is 1. The summed E-state index contributed by atoms with van der Waals surface area (Å²) >= 11 is 0. The van der Waals surface area contributed by atoms with E-state index in [1.807, 2.05) is 0 Å². The molecule has 16 heteroatoms. The van der Waals surface area contributed by atoms with Gasteiger partial charge in [0.2, 0.25) is 23.6 Å². The maximum absolute atomic E-state index is 12.8. The Kier molecular flexibility index (Phi) is 11.8. The first-order valence-electron chi connectivity index (χ1n) is 10.4. The van der Waals surface area contributed by atoms with Gasteiger partial charge in [-0.3, -0.25) is 24.0 Å². The van der Waals surface area contributed by atoms with Crippen molar-refractivity contribution < 1.29 is 44.1 Å². The molecule has 0 aromatic carbocycles. The Morgan fingerprint density at radius 3 is 2.03 bits per heavy atom. The molecule has 0 aliphatic heterocycles. The van der Waals surface area contributed by atoms with Gasteiger partial charge in [-0.05, 0) is 12.8 Å². The predicted octanol–water partition coefficient (Wildman–Crippen LogP) is -4.06. The second-order valence-corrected chi connectivity index (χ2v) is 7.53. The van der Waals surface area contributed by atoms with Crippen molar-refractivity contribution in [2.75, 3.05) is 6.61 Å². The van der Waals surface area contributed by atoms with Crippen LogP contribution in [-0.2, 0) is 35.2 Å². The number of nitrogens with two attached hydrogens (primary N) is 2. The van der Waals surface area contributed by atoms with Gasteiger partial charge in [0.05, 0.1) is 19.0 Å². The minimum atomic E-state index is -1.55. The van der Waals surface area contributed by atoms with Crippen LogP contribution in [-0.4, -0.2) is 91.6 Å². The number of aromatic amines is 1. The third kappa shape index (κ3) is 10.6. The number of amides is 4. The standard InChI is InChI=1S/C19H29N7O9/c20-10(1-3-14(21)28)16(31)26-13(7-27)18(33)25-12(5-9-6-22-8-23-9)17(32)24-11(19(34)35)2-4-15(29)30/h6,8,10-13,27H,1-5,7,20H2,(H2,21,28)(H,22,23)(H,24,32)(H,25,33)(H,26,31)(H,29,30)(H,34,35). The van der Waals surface area contributed by atoms with Crippen LogP contribution < -0.4 is 27.4 Å². The molecule has 11 N–H and O–H groups in total. The molecule has 194 valence electrons. The Morgan fingerprint density at radius 2 is 1.51 bits per heavy atom. The van der Waals surface area contributed by atoms with Crippen LogP contribution in [0.2, 0.25) is 0 Å². The Balaban J connectivity index is 2.92. The van der Waals surface area contributed by atoms with E-state index in [0.717, 1.165) is 0 Å². The highest BCUT2D eigenvalue weighted by Crippen LogP contribution is 2.04. The van der Waals surface area contributed by atoms with Crippen LogP contribution in [0.4, 0.5) is 0 Å². The van der Waals surface area contributed by atoms with Crippen LogP contribution in [0.5, 0.6) is 0 Å². The van der Waals surface area contributed by atoms with E-state index in [-0.39, 0.29) is 19.3 Å². The van der Waals surface area contributed by atoms with Crippen molar-refractivity contribution in [2.24, 2.45) is 11.5 Å². The van der Waals surface area contributed by atoms with Gasteiger partial charge in [-0.25, -0.2) is 9.78 Å². The molecule has 1 aromatic rings. The Labute approximate surface area is 198 Å². The third-order valence-electron chi connectivity index (χ3n) is 4.73. The van der Waals surface area contributed by atoms with Crippen molar-refractivity contribution in [1.82, 2.24) is 25.9 Å². The number of hydrogen-bond acceptors (Lipinski definition) is 9. The molecule has 0 saturated carbocycles. The molecule has 4 atom stereocenters. The molecule has 1 heterocycles. The van der Waals surface area contributed by atoms with Crippen LogP contribution in [0.3, 0.4) is 0 Å². The molecule has 35 heavy (non-hydrogen) atoms. The number of H-pyrrole nitrogens is 1. The number of carboxylic acids is 2. The van der Waals surface area contributed by atoms with Gasteiger partial charge in [-0.2, -0.15) is 0 Å². The molecule has 0 spiro atoms. The normalized spacial score (nSPS) is 14.1. The number of aliphatic carboxylic acids is 2. The van der Waals surface area contributed by atoms with Crippen molar-refractivity contribution in [3.63, 3.8) is 0 Å². The van der Waals surface area contributed by atoms with Gasteiger partial charge in [0.15, 0.2) is 0 Å². The first kappa shape index (κ1) is 29.0. The van der Waals surface area contributed by atoms with Crippen molar-refractivity contribution in [3.05, 3.63) is 18.2 Å². The average Bonchev–Trinajstić information content (AvgIpc) is 3.30. The van der Waals surface area contributed by atoms with E-state index in [0.29, 0.717) is 5.69 Å². The van der Waals surface area contributed by atoms with E-state index in [1.165, 1.54) is 12.5 Å². The Morgan fingerprint density at radius 1 is 0.914 bits per heavy atom. The molecular formula is C19H29N7O9. The number of aromatic nitrogens is 2. The fraction of sp³-hybridized carbons (Fsp3) is 0.526. The number of aliphatic hydroxyl groups is 1. The fourth-order valence-corrected chi connectivity index (χ4v) is 2.80. The van der Waals surface area contributed by atoms with E-state index in [9.17, 15) is 39.0 Å². The number of carbonyl (C=O) groups is 6. The minimum Gasteiger partial charge on any atom is -0.481 e. The molecular weight excluding hydrogens is 470 g/mol. The number of aliphatic hydroxyl groups excluding tert-OH is 1. The quantitative estimate of drug-likeness (QED) is 0.105. The zero-order valence-electron chi connectivity index (χ0n) is 18.6. The van der Waals surface area contributed by atoms with Crippen molar-refractivity contribution in [1.29, 1.82) is 0 Å². The summed E-state index contributed by atoms with van der Waals surface area (Å²) in [6, 6.07) is -5.65. The zero-order valence-corrected chi connectivity index (χ0v) is 18.6. The molecule has 4 unspecified atom stereocenters. The number of rotatable bonds is 16. The third-order valence-corrected chi connectivity index (χ3v) is 4.73. The number of imidazole rings is 1. The molecule has 1 rings (SSSR count). The average molecular weight is 499 g/mol. The number of hydrogen-bond donors (Lipinski definition) is 9. The van der Waals surface area contributed by atoms with E-state index in [1.54, 1.807) is 0 Å². The molecule has 0 aliphatic rings. The van der Waals surface area contributed by atoms with E-state index in [2.05, 4.69) is 25.9 Å². The number of carboxylic acid groups (broad SMARTS) is 2. The lowest BCUT2D eigenvalue weighted by molar-refractivity contribution is -0.143. The lowest BCUT2D eigenvalue weighted by Crippen LogP contribution is -2.58. The smallest absolute Gasteiger partial charge is 0.326 e. The first-order chi connectivity index (χ1) is 16.4. The first-order valence-corrected chi connectivity index (χ1v) is 10.4. The van der Waals surface area contributed by atoms with Gasteiger partial charge in [0.25, 0.3) is 0 Å². The zero-order chi connectivity index (χ0) is 26.5. The van der Waals surface area contributed by atoms with Crippen LogP contribution in [0.1, 0.15) is 31.4 Å². The van der Waals surface area contributed by atoms with Crippen LogP contribution in [0.15, 0.2) is 12.5 Å². The fourth-order valence-electron chi connectivity index (χ4n) is 2.80. The topological polar surface area (TPSA) is 280 Å². The predicted molar refractivity (Wildman–Crippen MR) is 116 cm³/mol. The Hall–Kier alpha value is -4.05. The highest BCUT2D eigenvalue weighted by molar-refractivity contribution is 5.94. The molecule has 0 saturated heterocycles. The van der Waals surface area contributed by atoms with E-state index >= 15 is 0 Å². The summed E-state index contributed by atoms with van der Waals surface area (Å²) in [6.07, 6.45) is 1.29. The summed E-state index contributed by atoms with van der Waals surface area (Å²) in [7, 11) is 0. The molecule has 0 bridgehead atoms. The summed E-state index contributed by atoms with van der Waals surface area (Å²) in [6.45, 7) is -0.866. The number of carbonyl (C=O) groups excluding carboxylic acids is 4. The SMILES string of the molecule is NC(=O)CCC(N)C(=O)NC(CO)C(=O)NC(Cc1cnc[nH]1)C(=O)NC(CCC(=O)O)C(=O)O. The largest absolute Gasteiger partial charge is 0.481 e. The summed E-state index contributed by atoms with van der Waals surface area (Å²) in [5.41, 5.74) is 11.0. The minimum absolute atomic E-state index is 0.0985. The highest BCUT2D eigenvalue weighted by Gasteiger charge is 2.30. The summed E-state index contributed by atoms with van der Waals surface area (Å²) in [5.74, 6) is -6.21. The number of nitrogens with zero attached hydrogens (tertiary/aromatic N) is 1. The van der Waals surface area contributed by atoms with Crippen LogP contribution >= 0.6 is 0 Å². The van der Waals surface area contributed by atoms with Gasteiger partial charge < -0.3 is 47.7 Å². The summed E-state index contributed by atoms with van der Waals surface area (Å²) in [4.78, 5) is 77.1. The highest BCUT2D eigenvalue weighted by atomic mass is 16.4. The monoisotopic (exact) mass is 499 g/mol. The van der Waals surface area contributed by atoms with Crippen LogP contribution in [0, 0.1) is 0 Å². The lowest BCUT2D eigenvalue weighted by Gasteiger charge is -2.24. The van der Waals surface area contributed by atoms with Crippen molar-refractivity contribution >= 4 is 35.6 Å². The summed E-state index contributed by atoms with van der Waals surface area (Å²) < 4.78 is 0. The molecule has 16 nitrogen and oxygen atoms in total. The maximum Gasteiger partial charge on any atom is 0.326 e. The summed E-state index contributed by atoms with van der Waals surface area (Å²) in [5, 5.41) is 34.3.